The zero-order valence-electron chi connectivity index (χ0n) is 15.8. The molecule has 4 aliphatic rings. The number of hydrogen-bond donors (Lipinski definition) is 0. The first-order chi connectivity index (χ1) is 11.0. The standard InChI is InChI=1S/C20H37N3/c1-15(2)21-7-5-20(13-21)6-8-22(14-20)19-9-17-11-23(16(3)4)12-18(17)10-19/h15-19H,5-14H2,1-4H3. The Balaban J connectivity index is 1.32. The summed E-state index contributed by atoms with van der Waals surface area (Å²) in [6, 6.07) is 2.39. The quantitative estimate of drug-likeness (QED) is 0.792. The summed E-state index contributed by atoms with van der Waals surface area (Å²) in [5, 5.41) is 0. The van der Waals surface area contributed by atoms with Gasteiger partial charge in [-0.25, -0.2) is 0 Å². The minimum absolute atomic E-state index is 0.645. The number of fused-ring (bicyclic) bond motifs is 1. The molecule has 23 heavy (non-hydrogen) atoms. The molecule has 4 rings (SSSR count). The summed E-state index contributed by atoms with van der Waals surface area (Å²) in [5.74, 6) is 1.99. The SMILES string of the molecule is CC(C)N1CC2CC(N3CCC4(CCN(C(C)C)C4)C3)CC2C1. The highest BCUT2D eigenvalue weighted by molar-refractivity contribution is 5.03. The molecule has 3 saturated heterocycles. The second-order valence-corrected chi connectivity index (χ2v) is 9.73. The van der Waals surface area contributed by atoms with E-state index in [1.54, 1.807) is 0 Å². The van der Waals surface area contributed by atoms with Crippen molar-refractivity contribution in [2.75, 3.05) is 39.3 Å². The molecule has 1 saturated carbocycles. The van der Waals surface area contributed by atoms with Gasteiger partial charge in [0, 0.05) is 44.3 Å². The van der Waals surface area contributed by atoms with Crippen LogP contribution in [0.25, 0.3) is 0 Å². The molecule has 1 spiro atoms. The van der Waals surface area contributed by atoms with E-state index in [0.29, 0.717) is 5.41 Å². The van der Waals surface area contributed by atoms with Gasteiger partial charge in [-0.1, -0.05) is 0 Å². The third-order valence-corrected chi connectivity index (χ3v) is 7.67. The highest BCUT2D eigenvalue weighted by atomic mass is 15.3. The van der Waals surface area contributed by atoms with Crippen molar-refractivity contribution in [3.8, 4) is 0 Å². The first kappa shape index (κ1) is 16.4. The lowest BCUT2D eigenvalue weighted by molar-refractivity contribution is 0.175. The molecule has 0 radical (unpaired) electrons. The molecular formula is C20H37N3. The fourth-order valence-corrected chi connectivity index (χ4v) is 6.05. The molecule has 4 fully saturated rings. The predicted molar refractivity (Wildman–Crippen MR) is 96.7 cm³/mol. The van der Waals surface area contributed by atoms with Crippen LogP contribution in [0, 0.1) is 17.3 Å². The van der Waals surface area contributed by atoms with Crippen LogP contribution in [-0.2, 0) is 0 Å². The van der Waals surface area contributed by atoms with Gasteiger partial charge in [0.15, 0.2) is 0 Å². The molecule has 3 heterocycles. The van der Waals surface area contributed by atoms with Crippen molar-refractivity contribution < 1.29 is 0 Å². The summed E-state index contributed by atoms with van der Waals surface area (Å²) in [5.41, 5.74) is 0.645. The van der Waals surface area contributed by atoms with E-state index < -0.39 is 0 Å². The van der Waals surface area contributed by atoms with Crippen molar-refractivity contribution in [2.24, 2.45) is 17.3 Å². The molecule has 0 aromatic carbocycles. The zero-order valence-corrected chi connectivity index (χ0v) is 15.8. The van der Waals surface area contributed by atoms with Crippen molar-refractivity contribution in [3.63, 3.8) is 0 Å². The lowest BCUT2D eigenvalue weighted by Gasteiger charge is -2.30. The highest BCUT2D eigenvalue weighted by Crippen LogP contribution is 2.46. The first-order valence-electron chi connectivity index (χ1n) is 10.2. The average molecular weight is 320 g/mol. The Morgan fingerprint density at radius 2 is 1.39 bits per heavy atom. The summed E-state index contributed by atoms with van der Waals surface area (Å²) < 4.78 is 0. The van der Waals surface area contributed by atoms with Crippen molar-refractivity contribution in [1.82, 2.24) is 14.7 Å². The summed E-state index contributed by atoms with van der Waals surface area (Å²) >= 11 is 0. The fraction of sp³-hybridized carbons (Fsp3) is 1.00. The third-order valence-electron chi connectivity index (χ3n) is 7.67. The van der Waals surface area contributed by atoms with Gasteiger partial charge < -0.3 is 9.80 Å². The van der Waals surface area contributed by atoms with Crippen LogP contribution >= 0.6 is 0 Å². The van der Waals surface area contributed by atoms with E-state index in [2.05, 4.69) is 42.4 Å². The number of rotatable bonds is 3. The molecule has 3 nitrogen and oxygen atoms in total. The molecule has 0 N–H and O–H groups in total. The molecule has 0 aromatic heterocycles. The van der Waals surface area contributed by atoms with Gasteiger partial charge in [0.1, 0.15) is 0 Å². The van der Waals surface area contributed by atoms with Gasteiger partial charge in [0.05, 0.1) is 0 Å². The summed E-state index contributed by atoms with van der Waals surface area (Å²) in [6.07, 6.45) is 5.87. The average Bonchev–Trinajstić information content (AvgIpc) is 3.22. The van der Waals surface area contributed by atoms with Crippen LogP contribution in [0.4, 0.5) is 0 Å². The minimum atomic E-state index is 0.645. The van der Waals surface area contributed by atoms with Gasteiger partial charge in [-0.2, -0.15) is 0 Å². The maximum absolute atomic E-state index is 2.90. The van der Waals surface area contributed by atoms with E-state index in [9.17, 15) is 0 Å². The van der Waals surface area contributed by atoms with Gasteiger partial charge in [-0.05, 0) is 83.7 Å². The maximum Gasteiger partial charge on any atom is 0.0102 e. The van der Waals surface area contributed by atoms with Crippen LogP contribution in [-0.4, -0.2) is 72.1 Å². The molecule has 3 heteroatoms. The molecule has 3 aliphatic heterocycles. The van der Waals surface area contributed by atoms with Crippen molar-refractivity contribution in [1.29, 1.82) is 0 Å². The lowest BCUT2D eigenvalue weighted by atomic mass is 9.86. The van der Waals surface area contributed by atoms with Gasteiger partial charge in [-0.3, -0.25) is 4.90 Å². The van der Waals surface area contributed by atoms with Gasteiger partial charge in [0.25, 0.3) is 0 Å². The predicted octanol–water partition coefficient (Wildman–Crippen LogP) is 2.91. The Morgan fingerprint density at radius 1 is 0.783 bits per heavy atom. The molecule has 0 aromatic rings. The smallest absolute Gasteiger partial charge is 0.0102 e. The molecule has 3 atom stereocenters. The van der Waals surface area contributed by atoms with Crippen molar-refractivity contribution in [2.45, 2.75) is 71.5 Å². The lowest BCUT2D eigenvalue weighted by Crippen LogP contribution is -2.38. The summed E-state index contributed by atoms with van der Waals surface area (Å²) in [4.78, 5) is 8.34. The van der Waals surface area contributed by atoms with E-state index in [1.807, 2.05) is 0 Å². The van der Waals surface area contributed by atoms with Crippen LogP contribution in [0.15, 0.2) is 0 Å². The number of hydrogen-bond acceptors (Lipinski definition) is 3. The van der Waals surface area contributed by atoms with Crippen LogP contribution in [0.5, 0.6) is 0 Å². The molecule has 0 amide bonds. The van der Waals surface area contributed by atoms with E-state index in [4.69, 9.17) is 0 Å². The van der Waals surface area contributed by atoms with Crippen molar-refractivity contribution in [3.05, 3.63) is 0 Å². The molecule has 1 aliphatic carbocycles. The monoisotopic (exact) mass is 319 g/mol. The summed E-state index contributed by atoms with van der Waals surface area (Å²) in [6.45, 7) is 17.7. The van der Waals surface area contributed by atoms with Crippen LogP contribution in [0.1, 0.15) is 53.4 Å². The molecule has 132 valence electrons. The van der Waals surface area contributed by atoms with Crippen LogP contribution < -0.4 is 0 Å². The second kappa shape index (κ2) is 6.00. The Labute approximate surface area is 143 Å². The largest absolute Gasteiger partial charge is 0.300 e. The van der Waals surface area contributed by atoms with Crippen molar-refractivity contribution >= 4 is 0 Å². The van der Waals surface area contributed by atoms with Gasteiger partial charge >= 0.3 is 0 Å². The fourth-order valence-electron chi connectivity index (χ4n) is 6.05. The first-order valence-corrected chi connectivity index (χ1v) is 10.2. The molecule has 3 unspecified atom stereocenters. The Hall–Kier alpha value is -0.120. The normalized spacial score (nSPS) is 42.8. The third kappa shape index (κ3) is 2.98. The molecular weight excluding hydrogens is 282 g/mol. The van der Waals surface area contributed by atoms with Gasteiger partial charge in [-0.15, -0.1) is 0 Å². The van der Waals surface area contributed by atoms with E-state index >= 15 is 0 Å². The molecule has 0 bridgehead atoms. The maximum atomic E-state index is 2.90. The van der Waals surface area contributed by atoms with Crippen LogP contribution in [0.3, 0.4) is 0 Å². The zero-order chi connectivity index (χ0) is 16.2. The number of likely N-dealkylation sites (tertiary alicyclic amines) is 3. The van der Waals surface area contributed by atoms with Gasteiger partial charge in [0.2, 0.25) is 0 Å². The van der Waals surface area contributed by atoms with E-state index in [-0.39, 0.29) is 0 Å². The second-order valence-electron chi connectivity index (χ2n) is 9.73. The number of nitrogens with zero attached hydrogens (tertiary/aromatic N) is 3. The Morgan fingerprint density at radius 3 is 1.96 bits per heavy atom. The Kier molecular flexibility index (Phi) is 4.26. The van der Waals surface area contributed by atoms with Crippen LogP contribution in [0.2, 0.25) is 0 Å². The minimum Gasteiger partial charge on any atom is -0.300 e. The summed E-state index contributed by atoms with van der Waals surface area (Å²) in [7, 11) is 0. The van der Waals surface area contributed by atoms with E-state index in [1.165, 1.54) is 65.0 Å². The highest BCUT2D eigenvalue weighted by Gasteiger charge is 2.49. The van der Waals surface area contributed by atoms with E-state index in [0.717, 1.165) is 30.0 Å². The topological polar surface area (TPSA) is 9.72 Å². The Bertz CT molecular complexity index is 421.